The maximum Gasteiger partial charge on any atom is 4.00 e. The molecule has 2 heterocycles. The minimum Gasteiger partial charge on any atom is -1.00 e. The van der Waals surface area contributed by atoms with Crippen LogP contribution in [0.1, 0.15) is 52.4 Å². The van der Waals surface area contributed by atoms with Gasteiger partial charge in [-0.25, -0.2) is 21.5 Å². The molecule has 0 radical (unpaired) electrons. The van der Waals surface area contributed by atoms with E-state index in [1.54, 1.807) is 10.4 Å². The molecule has 2 fully saturated rings. The van der Waals surface area contributed by atoms with Crippen LogP contribution in [0.4, 0.5) is 0 Å². The minimum absolute atomic E-state index is 0. The van der Waals surface area contributed by atoms with Gasteiger partial charge in [0.15, 0.2) is 0 Å². The first-order chi connectivity index (χ1) is 13.2. The summed E-state index contributed by atoms with van der Waals surface area (Å²) >= 11 is 0. The zero-order valence-electron chi connectivity index (χ0n) is 20.4. The van der Waals surface area contributed by atoms with Crippen LogP contribution >= 0.6 is 0 Å². The Morgan fingerprint density at radius 1 is 0.645 bits per heavy atom. The van der Waals surface area contributed by atoms with Crippen molar-refractivity contribution >= 4 is 16.5 Å². The van der Waals surface area contributed by atoms with Gasteiger partial charge in [0.05, 0.1) is 0 Å². The third-order valence-corrected chi connectivity index (χ3v) is 14.8. The average molecular weight is 662 g/mol. The van der Waals surface area contributed by atoms with E-state index in [9.17, 15) is 0 Å². The fraction of sp³-hybridized carbons (Fsp3) is 0.667. The molecule has 0 aromatic rings. The molecule has 2 aliphatic carbocycles. The molecule has 0 saturated carbocycles. The van der Waals surface area contributed by atoms with E-state index in [1.165, 1.54) is 63.0 Å². The first kappa shape index (κ1) is 31.8. The van der Waals surface area contributed by atoms with Crippen molar-refractivity contribution in [2.75, 3.05) is 26.2 Å². The van der Waals surface area contributed by atoms with Crippen molar-refractivity contribution in [2.45, 2.75) is 78.6 Å². The molecule has 0 aromatic carbocycles. The van der Waals surface area contributed by atoms with Crippen LogP contribution in [0.25, 0.3) is 0 Å². The van der Waals surface area contributed by atoms with Gasteiger partial charge in [-0.2, -0.15) is 12.2 Å². The Kier molecular flexibility index (Phi) is 13.9. The molecule has 4 rings (SSSR count). The predicted octanol–water partition coefficient (Wildman–Crippen LogP) is -0.182. The summed E-state index contributed by atoms with van der Waals surface area (Å²) in [5, 5.41) is 3.14. The van der Waals surface area contributed by atoms with Gasteiger partial charge in [-0.1, -0.05) is 26.2 Å². The Labute approximate surface area is 225 Å². The standard InChI is InChI=1S/2C12H20NSi.2ClH.Hf/c2*1-11-7-6-8-12(11)14(2,3)13-9-4-5-10-13;;;/h2*7H,4-6,9-10H2,1-3H3;2*1H;/q2*-1;;;+4/p-2. The average Bonchev–Trinajstić information content (AvgIpc) is 3.42. The monoisotopic (exact) mass is 662 g/mol. The summed E-state index contributed by atoms with van der Waals surface area (Å²) < 4.78 is 5.47. The van der Waals surface area contributed by atoms with Crippen LogP contribution in [0.15, 0.2) is 33.7 Å². The normalized spacial score (nSPS) is 21.6. The summed E-state index contributed by atoms with van der Waals surface area (Å²) in [4.78, 5) is 0. The van der Waals surface area contributed by atoms with E-state index in [4.69, 9.17) is 0 Å². The minimum atomic E-state index is -1.33. The molecule has 2 aliphatic heterocycles. The molecular weight excluding hydrogens is 622 g/mol. The van der Waals surface area contributed by atoms with E-state index in [1.807, 2.05) is 0 Å². The summed E-state index contributed by atoms with van der Waals surface area (Å²) in [6, 6.07) is 0. The number of rotatable bonds is 4. The van der Waals surface area contributed by atoms with E-state index in [0.29, 0.717) is 0 Å². The van der Waals surface area contributed by atoms with E-state index in [2.05, 4.69) is 73.5 Å². The Morgan fingerprint density at radius 3 is 1.16 bits per heavy atom. The van der Waals surface area contributed by atoms with E-state index in [-0.39, 0.29) is 50.7 Å². The molecule has 4 aliphatic rings. The summed E-state index contributed by atoms with van der Waals surface area (Å²) in [5.74, 6) is 0. The number of hydrogen-bond acceptors (Lipinski definition) is 2. The molecule has 0 aromatic heterocycles. The molecule has 2 nitrogen and oxygen atoms in total. The Hall–Kier alpha value is 0.764. The van der Waals surface area contributed by atoms with Gasteiger partial charge >= 0.3 is 25.8 Å². The van der Waals surface area contributed by atoms with Crippen molar-refractivity contribution in [3.8, 4) is 0 Å². The Morgan fingerprint density at radius 2 is 0.935 bits per heavy atom. The van der Waals surface area contributed by atoms with Crippen LogP contribution in [-0.4, -0.2) is 51.8 Å². The number of hydrogen-bond donors (Lipinski definition) is 0. The molecule has 0 spiro atoms. The van der Waals surface area contributed by atoms with E-state index >= 15 is 0 Å². The van der Waals surface area contributed by atoms with Gasteiger partial charge in [-0.3, -0.25) is 12.2 Å². The van der Waals surface area contributed by atoms with Gasteiger partial charge in [0.25, 0.3) is 0 Å². The topological polar surface area (TPSA) is 6.48 Å². The van der Waals surface area contributed by atoms with Gasteiger partial charge in [0, 0.05) is 0 Å². The van der Waals surface area contributed by atoms with Crippen LogP contribution in [0.2, 0.25) is 26.2 Å². The summed E-state index contributed by atoms with van der Waals surface area (Å²) in [5.41, 5.74) is 2.99. The molecule has 0 bridgehead atoms. The maximum atomic E-state index is 3.57. The summed E-state index contributed by atoms with van der Waals surface area (Å²) in [7, 11) is -2.66. The third-order valence-electron chi connectivity index (χ3n) is 7.18. The fourth-order valence-corrected chi connectivity index (χ4v) is 12.1. The molecule has 172 valence electrons. The van der Waals surface area contributed by atoms with Crippen molar-refractivity contribution in [3.05, 3.63) is 45.8 Å². The summed E-state index contributed by atoms with van der Waals surface area (Å²) in [6.45, 7) is 19.7. The van der Waals surface area contributed by atoms with Crippen LogP contribution in [0, 0.1) is 12.2 Å². The van der Waals surface area contributed by atoms with Crippen LogP contribution in [0.3, 0.4) is 0 Å². The molecule has 0 atom stereocenters. The first-order valence-corrected chi connectivity index (χ1v) is 17.2. The van der Waals surface area contributed by atoms with Crippen LogP contribution in [-0.2, 0) is 25.8 Å². The molecule has 0 unspecified atom stereocenters. The van der Waals surface area contributed by atoms with Crippen molar-refractivity contribution < 1.29 is 50.7 Å². The zero-order chi connectivity index (χ0) is 20.4. The number of halogens is 2. The van der Waals surface area contributed by atoms with Gasteiger partial charge in [0.1, 0.15) is 16.5 Å². The molecule has 0 amide bonds. The summed E-state index contributed by atoms with van der Waals surface area (Å²) in [6.07, 6.45) is 19.4. The maximum absolute atomic E-state index is 3.57. The molecule has 0 N–H and O–H groups in total. The SMILES string of the molecule is CC1=CC[C-]=C1[Si](C)(C)N1CCCC1.CC1=CC[C-]=C1[Si](C)(C)N1CCCC1.[Cl-].[Cl-].[Hf+4]. The van der Waals surface area contributed by atoms with Crippen molar-refractivity contribution in [1.82, 2.24) is 9.13 Å². The van der Waals surface area contributed by atoms with Crippen LogP contribution < -0.4 is 24.8 Å². The second-order valence-electron chi connectivity index (χ2n) is 9.79. The second kappa shape index (κ2) is 13.6. The molecule has 2 saturated heterocycles. The van der Waals surface area contributed by atoms with E-state index < -0.39 is 16.5 Å². The number of nitrogens with zero attached hydrogens (tertiary/aromatic N) is 2. The molecular formula is C24H40Cl2HfN2Si2. The smallest absolute Gasteiger partial charge is 1.00 e. The van der Waals surface area contributed by atoms with Crippen molar-refractivity contribution in [1.29, 1.82) is 0 Å². The quantitative estimate of drug-likeness (QED) is 0.305. The van der Waals surface area contributed by atoms with Gasteiger partial charge < -0.3 is 33.9 Å². The van der Waals surface area contributed by atoms with Crippen molar-refractivity contribution in [3.63, 3.8) is 0 Å². The third kappa shape index (κ3) is 7.37. The number of allylic oxidation sites excluding steroid dienone is 8. The Bertz CT molecular complexity index is 642. The fourth-order valence-electron chi connectivity index (χ4n) is 5.36. The van der Waals surface area contributed by atoms with Crippen LogP contribution in [0.5, 0.6) is 0 Å². The zero-order valence-corrected chi connectivity index (χ0v) is 27.5. The largest absolute Gasteiger partial charge is 4.00 e. The van der Waals surface area contributed by atoms with Gasteiger partial charge in [-0.15, -0.1) is 26.7 Å². The Balaban J connectivity index is 0.000000529. The van der Waals surface area contributed by atoms with Gasteiger partial charge in [0.2, 0.25) is 0 Å². The first-order valence-electron chi connectivity index (χ1n) is 11.3. The molecule has 7 heteroatoms. The second-order valence-corrected chi connectivity index (χ2v) is 18.3. The van der Waals surface area contributed by atoms with Gasteiger partial charge in [-0.05, 0) is 51.9 Å². The van der Waals surface area contributed by atoms with E-state index in [0.717, 1.165) is 12.8 Å². The predicted molar refractivity (Wildman–Crippen MR) is 127 cm³/mol. The van der Waals surface area contributed by atoms with Crippen molar-refractivity contribution in [2.24, 2.45) is 0 Å². The molecule has 31 heavy (non-hydrogen) atoms.